The van der Waals surface area contributed by atoms with Crippen molar-refractivity contribution in [1.82, 2.24) is 9.03 Å². The van der Waals surface area contributed by atoms with E-state index in [4.69, 9.17) is 0 Å². The molecule has 19 heavy (non-hydrogen) atoms. The van der Waals surface area contributed by atoms with Crippen LogP contribution in [0.4, 0.5) is 0 Å². The van der Waals surface area contributed by atoms with Crippen LogP contribution in [0, 0.1) is 11.3 Å². The van der Waals surface area contributed by atoms with E-state index in [-0.39, 0.29) is 17.0 Å². The van der Waals surface area contributed by atoms with Gasteiger partial charge < -0.3 is 0 Å². The lowest BCUT2D eigenvalue weighted by molar-refractivity contribution is 0.177. The topological polar surface area (TPSA) is 49.4 Å². The summed E-state index contributed by atoms with van der Waals surface area (Å²) in [7, 11) is -3.29. The van der Waals surface area contributed by atoms with Gasteiger partial charge in [-0.2, -0.15) is 12.7 Å². The molecule has 0 amide bonds. The van der Waals surface area contributed by atoms with Crippen LogP contribution >= 0.6 is 0 Å². The fraction of sp³-hybridized carbons (Fsp3) is 1.00. The van der Waals surface area contributed by atoms with Gasteiger partial charge in [0.2, 0.25) is 0 Å². The van der Waals surface area contributed by atoms with E-state index in [1.165, 1.54) is 0 Å². The molecule has 1 aliphatic heterocycles. The van der Waals surface area contributed by atoms with Crippen LogP contribution < -0.4 is 4.72 Å². The molecule has 114 valence electrons. The molecule has 2 unspecified atom stereocenters. The largest absolute Gasteiger partial charge is 0.280 e. The predicted octanol–water partition coefficient (Wildman–Crippen LogP) is 2.77. The molecule has 1 fully saturated rings. The normalized spacial score (nSPS) is 26.6. The van der Waals surface area contributed by atoms with Gasteiger partial charge in [-0.25, -0.2) is 4.72 Å². The average Bonchev–Trinajstić information content (AvgIpc) is 2.47. The smallest absolute Gasteiger partial charge is 0.200 e. The van der Waals surface area contributed by atoms with Gasteiger partial charge in [-0.1, -0.05) is 27.7 Å². The Kier molecular flexibility index (Phi) is 4.75. The molecule has 0 aromatic heterocycles. The third kappa shape index (κ3) is 4.17. The molecule has 5 heteroatoms. The SMILES string of the molecule is CC(CCC1CNS(=O)(=O)N1C(C)(C)C)C(C)(C)C. The molecule has 0 aromatic rings. The monoisotopic (exact) mass is 290 g/mol. The Hall–Kier alpha value is -0.130. The van der Waals surface area contributed by atoms with Gasteiger partial charge in [0.25, 0.3) is 10.2 Å². The Labute approximate surface area is 119 Å². The Morgan fingerprint density at radius 1 is 1.21 bits per heavy atom. The standard InChI is InChI=1S/C14H30N2O2S/c1-11(13(2,3)4)8-9-12-10-15-19(17,18)16(12)14(5,6)7/h11-12,15H,8-10H2,1-7H3. The van der Waals surface area contributed by atoms with Crippen molar-refractivity contribution in [2.45, 2.75) is 72.9 Å². The third-order valence-corrected chi connectivity index (χ3v) is 6.06. The maximum atomic E-state index is 12.1. The van der Waals surface area contributed by atoms with E-state index >= 15 is 0 Å². The Morgan fingerprint density at radius 3 is 2.16 bits per heavy atom. The minimum Gasteiger partial charge on any atom is -0.200 e. The number of hydrogen-bond donors (Lipinski definition) is 1. The van der Waals surface area contributed by atoms with Crippen LogP contribution in [0.15, 0.2) is 0 Å². The first-order valence-electron chi connectivity index (χ1n) is 7.15. The van der Waals surface area contributed by atoms with Crippen molar-refractivity contribution in [2.24, 2.45) is 11.3 Å². The molecule has 0 radical (unpaired) electrons. The second kappa shape index (κ2) is 5.34. The van der Waals surface area contributed by atoms with Crippen molar-refractivity contribution in [3.05, 3.63) is 0 Å². The maximum Gasteiger partial charge on any atom is 0.280 e. The highest BCUT2D eigenvalue weighted by molar-refractivity contribution is 7.87. The van der Waals surface area contributed by atoms with E-state index in [0.717, 1.165) is 12.8 Å². The van der Waals surface area contributed by atoms with Crippen LogP contribution in [0.5, 0.6) is 0 Å². The van der Waals surface area contributed by atoms with Crippen molar-refractivity contribution >= 4 is 10.2 Å². The highest BCUT2D eigenvalue weighted by Crippen LogP contribution is 2.33. The van der Waals surface area contributed by atoms with E-state index in [2.05, 4.69) is 32.4 Å². The Bertz CT molecular complexity index is 404. The lowest BCUT2D eigenvalue weighted by Gasteiger charge is -2.35. The summed E-state index contributed by atoms with van der Waals surface area (Å²) in [5.41, 5.74) is -0.0879. The zero-order valence-electron chi connectivity index (χ0n) is 13.4. The number of nitrogens with zero attached hydrogens (tertiary/aromatic N) is 1. The molecule has 0 spiro atoms. The fourth-order valence-corrected chi connectivity index (χ4v) is 4.39. The molecule has 1 rings (SSSR count). The summed E-state index contributed by atoms with van der Waals surface area (Å²) >= 11 is 0. The number of hydrogen-bond acceptors (Lipinski definition) is 2. The van der Waals surface area contributed by atoms with Crippen LogP contribution in [0.3, 0.4) is 0 Å². The minimum absolute atomic E-state index is 0.0785. The molecule has 1 N–H and O–H groups in total. The first-order chi connectivity index (χ1) is 8.36. The molecule has 1 heterocycles. The van der Waals surface area contributed by atoms with Crippen LogP contribution in [-0.4, -0.2) is 30.8 Å². The van der Waals surface area contributed by atoms with Gasteiger partial charge in [-0.05, 0) is 44.9 Å². The highest BCUT2D eigenvalue weighted by atomic mass is 32.2. The first-order valence-corrected chi connectivity index (χ1v) is 8.59. The molecule has 0 aromatic carbocycles. The summed E-state index contributed by atoms with van der Waals surface area (Å²) in [4.78, 5) is 0. The summed E-state index contributed by atoms with van der Waals surface area (Å²) in [5, 5.41) is 0. The highest BCUT2D eigenvalue weighted by Gasteiger charge is 2.43. The summed E-state index contributed by atoms with van der Waals surface area (Å²) < 4.78 is 28.5. The van der Waals surface area contributed by atoms with Gasteiger partial charge in [0.15, 0.2) is 0 Å². The molecular weight excluding hydrogens is 260 g/mol. The predicted molar refractivity (Wildman–Crippen MR) is 80.2 cm³/mol. The minimum atomic E-state index is -3.29. The van der Waals surface area contributed by atoms with Gasteiger partial charge >= 0.3 is 0 Å². The third-order valence-electron chi connectivity index (χ3n) is 4.16. The van der Waals surface area contributed by atoms with Crippen molar-refractivity contribution in [2.75, 3.05) is 6.54 Å². The van der Waals surface area contributed by atoms with Crippen molar-refractivity contribution in [3.63, 3.8) is 0 Å². The van der Waals surface area contributed by atoms with E-state index in [0.29, 0.717) is 12.5 Å². The van der Waals surface area contributed by atoms with Gasteiger partial charge in [0, 0.05) is 18.1 Å². The quantitative estimate of drug-likeness (QED) is 0.869. The zero-order valence-corrected chi connectivity index (χ0v) is 14.3. The lowest BCUT2D eigenvalue weighted by Crippen LogP contribution is -2.48. The molecule has 0 aliphatic carbocycles. The summed E-state index contributed by atoms with van der Waals surface area (Å²) in [6.07, 6.45) is 1.97. The zero-order chi connectivity index (χ0) is 15.1. The average molecular weight is 290 g/mol. The first kappa shape index (κ1) is 16.9. The molecular formula is C14H30N2O2S. The fourth-order valence-electron chi connectivity index (χ4n) is 2.55. The van der Waals surface area contributed by atoms with Crippen LogP contribution in [0.2, 0.25) is 0 Å². The molecule has 1 saturated heterocycles. The van der Waals surface area contributed by atoms with Crippen LogP contribution in [0.1, 0.15) is 61.3 Å². The van der Waals surface area contributed by atoms with Gasteiger partial charge in [0.05, 0.1) is 0 Å². The molecule has 0 bridgehead atoms. The van der Waals surface area contributed by atoms with E-state index < -0.39 is 10.2 Å². The van der Waals surface area contributed by atoms with Crippen LogP contribution in [-0.2, 0) is 10.2 Å². The Balaban J connectivity index is 2.74. The molecule has 0 saturated carbocycles. The van der Waals surface area contributed by atoms with Gasteiger partial charge in [0.1, 0.15) is 0 Å². The number of rotatable bonds is 3. The van der Waals surface area contributed by atoms with Crippen molar-refractivity contribution in [3.8, 4) is 0 Å². The molecule has 2 atom stereocenters. The van der Waals surface area contributed by atoms with E-state index in [1.807, 2.05) is 20.8 Å². The molecule has 4 nitrogen and oxygen atoms in total. The number of nitrogens with one attached hydrogen (secondary N) is 1. The van der Waals surface area contributed by atoms with Crippen molar-refractivity contribution < 1.29 is 8.42 Å². The van der Waals surface area contributed by atoms with E-state index in [1.54, 1.807) is 4.31 Å². The second-order valence-corrected chi connectivity index (χ2v) is 9.45. The van der Waals surface area contributed by atoms with Crippen molar-refractivity contribution in [1.29, 1.82) is 0 Å². The Morgan fingerprint density at radius 2 is 1.74 bits per heavy atom. The van der Waals surface area contributed by atoms with Crippen LogP contribution in [0.25, 0.3) is 0 Å². The summed E-state index contributed by atoms with van der Waals surface area (Å²) in [5.74, 6) is 0.581. The molecule has 1 aliphatic rings. The second-order valence-electron chi connectivity index (χ2n) is 7.82. The van der Waals surface area contributed by atoms with Gasteiger partial charge in [-0.15, -0.1) is 0 Å². The summed E-state index contributed by atoms with van der Waals surface area (Å²) in [6, 6.07) is 0.0785. The maximum absolute atomic E-state index is 12.1. The summed E-state index contributed by atoms with van der Waals surface area (Å²) in [6.45, 7) is 15.4. The lowest BCUT2D eigenvalue weighted by atomic mass is 9.79. The van der Waals surface area contributed by atoms with E-state index in [9.17, 15) is 8.42 Å². The van der Waals surface area contributed by atoms with Gasteiger partial charge in [-0.3, -0.25) is 0 Å².